The molecule has 0 spiro atoms. The van der Waals surface area contributed by atoms with E-state index in [1.807, 2.05) is 0 Å². The summed E-state index contributed by atoms with van der Waals surface area (Å²) in [6, 6.07) is 32.1. The van der Waals surface area contributed by atoms with Gasteiger partial charge in [0.05, 0.1) is 0 Å². The molecular formula is C27H30N2. The van der Waals surface area contributed by atoms with Crippen LogP contribution < -0.4 is 4.90 Å². The topological polar surface area (TPSA) is 6.48 Å². The van der Waals surface area contributed by atoms with E-state index in [-0.39, 0.29) is 0 Å². The molecule has 4 atom stereocenters. The van der Waals surface area contributed by atoms with Crippen LogP contribution in [0.1, 0.15) is 29.0 Å². The first-order chi connectivity index (χ1) is 14.2. The Morgan fingerprint density at radius 2 is 1.41 bits per heavy atom. The third-order valence-corrected chi connectivity index (χ3v) is 7.11. The summed E-state index contributed by atoms with van der Waals surface area (Å²) >= 11 is 0. The molecule has 2 aliphatic rings. The molecule has 0 radical (unpaired) electrons. The molecule has 5 rings (SSSR count). The Morgan fingerprint density at radius 3 is 2.03 bits per heavy atom. The largest absolute Gasteiger partial charge is 0.369 e. The lowest BCUT2D eigenvalue weighted by atomic mass is 9.78. The number of benzene rings is 3. The van der Waals surface area contributed by atoms with Crippen LogP contribution in [0.3, 0.4) is 0 Å². The summed E-state index contributed by atoms with van der Waals surface area (Å²) in [6.45, 7) is 4.69. The lowest BCUT2D eigenvalue weighted by Gasteiger charge is -2.44. The van der Waals surface area contributed by atoms with Crippen molar-refractivity contribution >= 4 is 5.69 Å². The van der Waals surface area contributed by atoms with Crippen molar-refractivity contribution in [3.63, 3.8) is 0 Å². The van der Waals surface area contributed by atoms with E-state index < -0.39 is 0 Å². The van der Waals surface area contributed by atoms with Crippen molar-refractivity contribution in [3.8, 4) is 0 Å². The summed E-state index contributed by atoms with van der Waals surface area (Å²) in [4.78, 5) is 5.34. The molecule has 2 heteroatoms. The first kappa shape index (κ1) is 18.4. The minimum Gasteiger partial charge on any atom is -0.369 e. The first-order valence-corrected chi connectivity index (χ1v) is 10.9. The number of hydrogen-bond acceptors (Lipinski definition) is 2. The van der Waals surface area contributed by atoms with Gasteiger partial charge in [-0.1, -0.05) is 78.9 Å². The molecule has 4 unspecified atom stereocenters. The lowest BCUT2D eigenvalue weighted by Crippen LogP contribution is -2.52. The number of aryl methyl sites for hydroxylation is 1. The second-order valence-corrected chi connectivity index (χ2v) is 8.72. The summed E-state index contributed by atoms with van der Waals surface area (Å²) in [6.07, 6.45) is 1.31. The summed E-state index contributed by atoms with van der Waals surface area (Å²) in [5.41, 5.74) is 5.59. The number of piperidine rings is 1. The summed E-state index contributed by atoms with van der Waals surface area (Å²) in [5.74, 6) is 1.12. The van der Waals surface area contributed by atoms with Gasteiger partial charge in [0.15, 0.2) is 0 Å². The Labute approximate surface area is 174 Å². The predicted octanol–water partition coefficient (Wildman–Crippen LogP) is 5.34. The fraction of sp³-hybridized carbons (Fsp3) is 0.333. The van der Waals surface area contributed by atoms with Crippen LogP contribution in [0, 0.1) is 12.8 Å². The average Bonchev–Trinajstić information content (AvgIpc) is 3.38. The van der Waals surface area contributed by atoms with E-state index in [0.717, 1.165) is 5.92 Å². The fourth-order valence-corrected chi connectivity index (χ4v) is 5.84. The monoisotopic (exact) mass is 382 g/mol. The van der Waals surface area contributed by atoms with Crippen LogP contribution >= 0.6 is 0 Å². The molecule has 0 N–H and O–H groups in total. The molecule has 2 aliphatic heterocycles. The van der Waals surface area contributed by atoms with Gasteiger partial charge in [-0.3, -0.25) is 4.90 Å². The normalized spacial score (nSPS) is 25.5. The number of hydrogen-bond donors (Lipinski definition) is 0. The Balaban J connectivity index is 1.60. The van der Waals surface area contributed by atoms with Crippen LogP contribution in [0.2, 0.25) is 0 Å². The predicted molar refractivity (Wildman–Crippen MR) is 122 cm³/mol. The maximum atomic E-state index is 2.76. The SMILES string of the molecule is Cc1ccccc1N(C)C1C2CCN(C2)C1C(c1ccccc1)c1ccccc1. The van der Waals surface area contributed by atoms with Crippen molar-refractivity contribution in [3.05, 3.63) is 102 Å². The number of nitrogens with zero attached hydrogens (tertiary/aromatic N) is 2. The summed E-state index contributed by atoms with van der Waals surface area (Å²) in [7, 11) is 2.31. The zero-order valence-corrected chi connectivity index (χ0v) is 17.4. The van der Waals surface area contributed by atoms with Crippen molar-refractivity contribution in [1.82, 2.24) is 4.90 Å². The zero-order chi connectivity index (χ0) is 19.8. The Morgan fingerprint density at radius 1 is 0.828 bits per heavy atom. The van der Waals surface area contributed by atoms with Gasteiger partial charge in [-0.15, -0.1) is 0 Å². The second kappa shape index (κ2) is 7.68. The van der Waals surface area contributed by atoms with Gasteiger partial charge in [0.2, 0.25) is 0 Å². The maximum absolute atomic E-state index is 2.76. The van der Waals surface area contributed by atoms with E-state index >= 15 is 0 Å². The fourth-order valence-electron chi connectivity index (χ4n) is 5.84. The van der Waals surface area contributed by atoms with Crippen LogP contribution in [0.15, 0.2) is 84.9 Å². The quantitative estimate of drug-likeness (QED) is 0.588. The molecule has 2 bridgehead atoms. The van der Waals surface area contributed by atoms with E-state index in [1.165, 1.54) is 41.9 Å². The molecule has 3 aromatic rings. The van der Waals surface area contributed by atoms with Gasteiger partial charge in [-0.25, -0.2) is 0 Å². The third-order valence-electron chi connectivity index (χ3n) is 7.11. The highest BCUT2D eigenvalue weighted by Crippen LogP contribution is 2.46. The van der Waals surface area contributed by atoms with Crippen molar-refractivity contribution < 1.29 is 0 Å². The molecule has 2 nitrogen and oxygen atoms in total. The molecule has 0 amide bonds. The van der Waals surface area contributed by atoms with Crippen LogP contribution in [0.4, 0.5) is 5.69 Å². The van der Waals surface area contributed by atoms with Crippen LogP contribution in [0.5, 0.6) is 0 Å². The Bertz CT molecular complexity index is 913. The molecule has 2 saturated heterocycles. The van der Waals surface area contributed by atoms with E-state index in [2.05, 4.69) is 109 Å². The number of rotatable bonds is 5. The van der Waals surface area contributed by atoms with E-state index in [0.29, 0.717) is 18.0 Å². The number of likely N-dealkylation sites (N-methyl/N-ethyl adjacent to an activating group) is 1. The number of fused-ring (bicyclic) bond motifs is 2. The second-order valence-electron chi connectivity index (χ2n) is 8.72. The number of para-hydroxylation sites is 1. The van der Waals surface area contributed by atoms with Gasteiger partial charge >= 0.3 is 0 Å². The maximum Gasteiger partial charge on any atom is 0.0492 e. The summed E-state index contributed by atoms with van der Waals surface area (Å²) < 4.78 is 0. The molecule has 3 aromatic carbocycles. The highest BCUT2D eigenvalue weighted by Gasteiger charge is 2.51. The minimum atomic E-state index is 0.388. The third kappa shape index (κ3) is 3.26. The molecule has 148 valence electrons. The number of anilines is 1. The standard InChI is InChI=1S/C27H30N2/c1-20-11-9-10-16-24(20)28(2)26-23-17-18-29(19-23)27(26)25(21-12-5-3-6-13-21)22-14-7-4-8-15-22/h3-16,23,25-27H,17-19H2,1-2H3. The lowest BCUT2D eigenvalue weighted by molar-refractivity contribution is 0.216. The molecule has 2 fully saturated rings. The molecule has 0 aliphatic carbocycles. The molecule has 29 heavy (non-hydrogen) atoms. The van der Waals surface area contributed by atoms with Crippen LogP contribution in [0.25, 0.3) is 0 Å². The highest BCUT2D eigenvalue weighted by atomic mass is 15.3. The highest BCUT2D eigenvalue weighted by molar-refractivity contribution is 5.54. The smallest absolute Gasteiger partial charge is 0.0492 e. The Kier molecular flexibility index (Phi) is 4.89. The van der Waals surface area contributed by atoms with Gasteiger partial charge in [0, 0.05) is 37.3 Å². The van der Waals surface area contributed by atoms with Crippen molar-refractivity contribution in [2.45, 2.75) is 31.3 Å². The van der Waals surface area contributed by atoms with Crippen LogP contribution in [-0.2, 0) is 0 Å². The van der Waals surface area contributed by atoms with Crippen LogP contribution in [-0.4, -0.2) is 37.1 Å². The first-order valence-electron chi connectivity index (χ1n) is 10.9. The van der Waals surface area contributed by atoms with Crippen molar-refractivity contribution in [2.24, 2.45) is 5.92 Å². The van der Waals surface area contributed by atoms with Crippen molar-refractivity contribution in [1.29, 1.82) is 0 Å². The molecule has 2 heterocycles. The zero-order valence-electron chi connectivity index (χ0n) is 17.4. The van der Waals surface area contributed by atoms with Gasteiger partial charge in [0.1, 0.15) is 0 Å². The van der Waals surface area contributed by atoms with E-state index in [9.17, 15) is 0 Å². The van der Waals surface area contributed by atoms with E-state index in [4.69, 9.17) is 0 Å². The molecule has 0 saturated carbocycles. The van der Waals surface area contributed by atoms with Gasteiger partial charge < -0.3 is 4.90 Å². The van der Waals surface area contributed by atoms with Gasteiger partial charge in [-0.05, 0) is 48.6 Å². The minimum absolute atomic E-state index is 0.388. The van der Waals surface area contributed by atoms with Crippen molar-refractivity contribution in [2.75, 3.05) is 25.0 Å². The van der Waals surface area contributed by atoms with E-state index in [1.54, 1.807) is 0 Å². The summed E-state index contributed by atoms with van der Waals surface area (Å²) in [5, 5.41) is 0. The molecular weight excluding hydrogens is 352 g/mol. The van der Waals surface area contributed by atoms with Gasteiger partial charge in [-0.2, -0.15) is 0 Å². The Hall–Kier alpha value is -2.58. The average molecular weight is 383 g/mol. The van der Waals surface area contributed by atoms with Gasteiger partial charge in [0.25, 0.3) is 0 Å². The molecule has 0 aromatic heterocycles.